The summed E-state index contributed by atoms with van der Waals surface area (Å²) in [5.41, 5.74) is -0.236. The van der Waals surface area contributed by atoms with Gasteiger partial charge in [-0.05, 0) is 24.5 Å². The molecule has 1 amide bonds. The Bertz CT molecular complexity index is 438. The van der Waals surface area contributed by atoms with Crippen molar-refractivity contribution >= 4 is 11.6 Å². The van der Waals surface area contributed by atoms with E-state index in [9.17, 15) is 13.6 Å². The zero-order valence-electron chi connectivity index (χ0n) is 11.7. The summed E-state index contributed by atoms with van der Waals surface area (Å²) in [6.45, 7) is 5.93. The predicted molar refractivity (Wildman–Crippen MR) is 72.3 cm³/mol. The smallest absolute Gasteiger partial charge is 0.251 e. The fraction of sp³-hybridized carbons (Fsp3) is 0.500. The number of amides is 1. The zero-order valence-corrected chi connectivity index (χ0v) is 11.7. The van der Waals surface area contributed by atoms with Gasteiger partial charge >= 0.3 is 0 Å². The number of rotatable bonds is 5. The van der Waals surface area contributed by atoms with Gasteiger partial charge in [-0.25, -0.2) is 8.78 Å². The van der Waals surface area contributed by atoms with Crippen molar-refractivity contribution in [3.63, 3.8) is 0 Å². The van der Waals surface area contributed by atoms with Crippen LogP contribution in [0.3, 0.4) is 0 Å². The lowest BCUT2D eigenvalue weighted by atomic mass is 10.0. The third-order valence-corrected chi connectivity index (χ3v) is 3.12. The molecular formula is C14H20F2N2O. The molecular weight excluding hydrogens is 250 g/mol. The molecule has 2 N–H and O–H groups in total. The van der Waals surface area contributed by atoms with Crippen LogP contribution in [0.25, 0.3) is 0 Å². The molecule has 0 aliphatic carbocycles. The van der Waals surface area contributed by atoms with E-state index in [4.69, 9.17) is 0 Å². The SMILES string of the molecule is CCC(NC(=O)c1cc(F)c(NC)c(F)c1)C(C)C. The second-order valence-electron chi connectivity index (χ2n) is 4.80. The van der Waals surface area contributed by atoms with Crippen LogP contribution in [0.2, 0.25) is 0 Å². The van der Waals surface area contributed by atoms with Crippen LogP contribution in [-0.4, -0.2) is 19.0 Å². The molecule has 1 unspecified atom stereocenters. The fourth-order valence-electron chi connectivity index (χ4n) is 1.93. The van der Waals surface area contributed by atoms with Crippen molar-refractivity contribution in [3.05, 3.63) is 29.3 Å². The highest BCUT2D eigenvalue weighted by Gasteiger charge is 2.18. The van der Waals surface area contributed by atoms with E-state index in [0.29, 0.717) is 0 Å². The zero-order chi connectivity index (χ0) is 14.6. The number of benzene rings is 1. The minimum atomic E-state index is -0.773. The van der Waals surface area contributed by atoms with E-state index in [1.807, 2.05) is 20.8 Å². The Balaban J connectivity index is 2.95. The molecule has 19 heavy (non-hydrogen) atoms. The first-order chi connectivity index (χ1) is 8.90. The van der Waals surface area contributed by atoms with E-state index in [2.05, 4.69) is 10.6 Å². The van der Waals surface area contributed by atoms with E-state index in [1.54, 1.807) is 0 Å². The van der Waals surface area contributed by atoms with Gasteiger partial charge in [0.2, 0.25) is 0 Å². The van der Waals surface area contributed by atoms with Crippen molar-refractivity contribution in [1.82, 2.24) is 5.32 Å². The Kier molecular flexibility index (Phi) is 5.27. The van der Waals surface area contributed by atoms with Crippen molar-refractivity contribution < 1.29 is 13.6 Å². The van der Waals surface area contributed by atoms with Crippen LogP contribution in [0.5, 0.6) is 0 Å². The summed E-state index contributed by atoms with van der Waals surface area (Å²) >= 11 is 0. The van der Waals surface area contributed by atoms with Crippen LogP contribution < -0.4 is 10.6 Å². The predicted octanol–water partition coefficient (Wildman–Crippen LogP) is 3.17. The van der Waals surface area contributed by atoms with Crippen LogP contribution in [0.15, 0.2) is 12.1 Å². The summed E-state index contributed by atoms with van der Waals surface area (Å²) in [6.07, 6.45) is 0.767. The summed E-state index contributed by atoms with van der Waals surface area (Å²) in [6, 6.07) is 2.07. The van der Waals surface area contributed by atoms with E-state index < -0.39 is 17.5 Å². The van der Waals surface area contributed by atoms with Gasteiger partial charge in [0.15, 0.2) is 0 Å². The number of hydrogen-bond donors (Lipinski definition) is 2. The van der Waals surface area contributed by atoms with E-state index in [0.717, 1.165) is 18.6 Å². The molecule has 1 rings (SSSR count). The second-order valence-corrected chi connectivity index (χ2v) is 4.80. The molecule has 106 valence electrons. The fourth-order valence-corrected chi connectivity index (χ4v) is 1.93. The van der Waals surface area contributed by atoms with Crippen molar-refractivity contribution in [2.75, 3.05) is 12.4 Å². The van der Waals surface area contributed by atoms with Crippen molar-refractivity contribution in [3.8, 4) is 0 Å². The van der Waals surface area contributed by atoms with Crippen LogP contribution in [0.1, 0.15) is 37.6 Å². The maximum atomic E-state index is 13.6. The molecule has 3 nitrogen and oxygen atoms in total. The first-order valence-electron chi connectivity index (χ1n) is 6.38. The number of anilines is 1. The summed E-state index contributed by atoms with van der Waals surface area (Å²) in [5, 5.41) is 5.20. The van der Waals surface area contributed by atoms with Gasteiger partial charge in [0.1, 0.15) is 17.3 Å². The molecule has 5 heteroatoms. The molecule has 0 radical (unpaired) electrons. The maximum Gasteiger partial charge on any atom is 0.251 e. The second kappa shape index (κ2) is 6.50. The largest absolute Gasteiger partial charge is 0.383 e. The van der Waals surface area contributed by atoms with Crippen molar-refractivity contribution in [2.24, 2.45) is 5.92 Å². The van der Waals surface area contributed by atoms with Gasteiger partial charge < -0.3 is 10.6 Å². The minimum absolute atomic E-state index is 0.00639. The Morgan fingerprint density at radius 3 is 2.16 bits per heavy atom. The average molecular weight is 270 g/mol. The van der Waals surface area contributed by atoms with Crippen LogP contribution in [-0.2, 0) is 0 Å². The average Bonchev–Trinajstić information content (AvgIpc) is 2.34. The first kappa shape index (κ1) is 15.4. The molecule has 0 bridgehead atoms. The normalized spacial score (nSPS) is 12.4. The quantitative estimate of drug-likeness (QED) is 0.863. The number of hydrogen-bond acceptors (Lipinski definition) is 2. The standard InChI is InChI=1S/C14H20F2N2O/c1-5-12(8(2)3)18-14(19)9-6-10(15)13(17-4)11(16)7-9/h6-8,12,17H,5H2,1-4H3,(H,18,19). The van der Waals surface area contributed by atoms with Gasteiger partial charge in [0.05, 0.1) is 0 Å². The van der Waals surface area contributed by atoms with Crippen molar-refractivity contribution in [2.45, 2.75) is 33.2 Å². The molecule has 0 spiro atoms. The topological polar surface area (TPSA) is 41.1 Å². The minimum Gasteiger partial charge on any atom is -0.383 e. The number of carbonyl (C=O) groups excluding carboxylic acids is 1. The highest BCUT2D eigenvalue weighted by Crippen LogP contribution is 2.20. The Hall–Kier alpha value is -1.65. The van der Waals surface area contributed by atoms with Crippen LogP contribution in [0, 0.1) is 17.6 Å². The first-order valence-corrected chi connectivity index (χ1v) is 6.38. The van der Waals surface area contributed by atoms with Crippen LogP contribution in [0.4, 0.5) is 14.5 Å². The molecule has 0 saturated heterocycles. The molecule has 1 atom stereocenters. The molecule has 0 aliphatic rings. The molecule has 0 aromatic heterocycles. The van der Waals surface area contributed by atoms with Gasteiger partial charge in [-0.3, -0.25) is 4.79 Å². The molecule has 0 fully saturated rings. The van der Waals surface area contributed by atoms with Gasteiger partial charge in [-0.2, -0.15) is 0 Å². The van der Waals surface area contributed by atoms with Crippen molar-refractivity contribution in [1.29, 1.82) is 0 Å². The molecule has 0 saturated carbocycles. The summed E-state index contributed by atoms with van der Waals surface area (Å²) < 4.78 is 27.1. The lowest BCUT2D eigenvalue weighted by Gasteiger charge is -2.20. The Morgan fingerprint density at radius 2 is 1.79 bits per heavy atom. The van der Waals surface area contributed by atoms with E-state index in [-0.39, 0.29) is 23.2 Å². The summed E-state index contributed by atoms with van der Waals surface area (Å²) in [5.74, 6) is -1.74. The van der Waals surface area contributed by atoms with Crippen LogP contribution >= 0.6 is 0 Å². The van der Waals surface area contributed by atoms with Gasteiger partial charge in [-0.1, -0.05) is 20.8 Å². The number of halogens is 2. The van der Waals surface area contributed by atoms with E-state index >= 15 is 0 Å². The molecule has 1 aromatic rings. The Morgan fingerprint density at radius 1 is 1.26 bits per heavy atom. The van der Waals surface area contributed by atoms with Gasteiger partial charge in [0.25, 0.3) is 5.91 Å². The lowest BCUT2D eigenvalue weighted by molar-refractivity contribution is 0.0923. The maximum absolute atomic E-state index is 13.6. The third kappa shape index (κ3) is 3.66. The summed E-state index contributed by atoms with van der Waals surface area (Å²) in [7, 11) is 1.42. The molecule has 0 heterocycles. The molecule has 1 aromatic carbocycles. The number of carbonyl (C=O) groups is 1. The summed E-state index contributed by atoms with van der Waals surface area (Å²) in [4.78, 5) is 12.0. The van der Waals surface area contributed by atoms with Gasteiger partial charge in [0, 0.05) is 18.7 Å². The monoisotopic (exact) mass is 270 g/mol. The Labute approximate surface area is 112 Å². The molecule has 0 aliphatic heterocycles. The third-order valence-electron chi connectivity index (χ3n) is 3.12. The highest BCUT2D eigenvalue weighted by atomic mass is 19.1. The van der Waals surface area contributed by atoms with Gasteiger partial charge in [-0.15, -0.1) is 0 Å². The lowest BCUT2D eigenvalue weighted by Crippen LogP contribution is -2.38. The van der Waals surface area contributed by atoms with E-state index in [1.165, 1.54) is 7.05 Å². The highest BCUT2D eigenvalue weighted by molar-refractivity contribution is 5.94. The number of nitrogens with one attached hydrogen (secondary N) is 2.